The fraction of sp³-hybridized carbons (Fsp3) is 0.745. The van der Waals surface area contributed by atoms with Gasteiger partial charge in [0.2, 0.25) is 5.60 Å². The standard InChI is InChI=1S/C51H79NO13/c1-29-15-12-11-13-16-30(2)41(62-8)27-37(53)21-19-31(3)48(58)51(61)44-18-14-17-38(52(44)50(51)60)49(59)65-42(33(5)25-36-20-22-39(54)43(26-36)63-9)28-40(55)32(4)24-35(7)46(57)47(64-10)45(56)34(6)23-29/h11-13,15-16,24,29,31-34,36-39,41-44,46-47,53-54,57,61H,14,17-23,25-28H2,1-10H3/b13-11+,15-12+,30-16+,35-24+/t29-,31-,32-,33-,34-,36+,37+,38+,39-,41+,42+,43-,44-,46-,47+,51+/m1/s1. The van der Waals surface area contributed by atoms with E-state index in [1.54, 1.807) is 48.0 Å². The predicted octanol–water partition coefficient (Wildman–Crippen LogP) is 5.57. The van der Waals surface area contributed by atoms with Gasteiger partial charge in [-0.1, -0.05) is 71.1 Å². The van der Waals surface area contributed by atoms with Gasteiger partial charge in [0.1, 0.15) is 30.1 Å². The molecule has 0 spiro atoms. The number of esters is 1. The second kappa shape index (κ2) is 24.6. The molecule has 14 heteroatoms. The summed E-state index contributed by atoms with van der Waals surface area (Å²) in [6.07, 6.45) is 10.1. The van der Waals surface area contributed by atoms with E-state index in [4.69, 9.17) is 18.9 Å². The van der Waals surface area contributed by atoms with Crippen molar-refractivity contribution < 1.29 is 63.3 Å². The number of amides is 1. The Hall–Kier alpha value is -3.37. The Balaban J connectivity index is 1.64. The van der Waals surface area contributed by atoms with Crippen LogP contribution in [0.25, 0.3) is 0 Å². The van der Waals surface area contributed by atoms with Crippen LogP contribution in [0, 0.1) is 35.5 Å². The zero-order valence-electron chi connectivity index (χ0n) is 40.5. The lowest BCUT2D eigenvalue weighted by Crippen LogP contribution is -2.81. The Labute approximate surface area is 386 Å². The van der Waals surface area contributed by atoms with Crippen molar-refractivity contribution in [1.82, 2.24) is 4.90 Å². The van der Waals surface area contributed by atoms with Crippen molar-refractivity contribution in [3.8, 4) is 0 Å². The van der Waals surface area contributed by atoms with E-state index in [2.05, 4.69) is 0 Å². The number of hydrogen-bond acceptors (Lipinski definition) is 13. The summed E-state index contributed by atoms with van der Waals surface area (Å²) in [5, 5.41) is 44.7. The largest absolute Gasteiger partial charge is 0.460 e. The maximum Gasteiger partial charge on any atom is 0.329 e. The molecule has 0 radical (unpaired) electrons. The number of carbonyl (C=O) groups is 5. The number of ether oxygens (including phenoxy) is 4. The van der Waals surface area contributed by atoms with Crippen LogP contribution in [0.15, 0.2) is 47.6 Å². The lowest BCUT2D eigenvalue weighted by Gasteiger charge is -2.57. The molecule has 0 unspecified atom stereocenters. The van der Waals surface area contributed by atoms with Crippen molar-refractivity contribution in [2.75, 3.05) is 21.3 Å². The van der Waals surface area contributed by atoms with Crippen LogP contribution in [-0.4, -0.2) is 136 Å². The third-order valence-electron chi connectivity index (χ3n) is 14.7. The summed E-state index contributed by atoms with van der Waals surface area (Å²) >= 11 is 0. The number of methoxy groups -OCH3 is 3. The lowest BCUT2D eigenvalue weighted by molar-refractivity contribution is -0.211. The molecule has 16 atom stereocenters. The van der Waals surface area contributed by atoms with E-state index in [0.717, 1.165) is 12.0 Å². The summed E-state index contributed by atoms with van der Waals surface area (Å²) in [6.45, 7) is 12.6. The summed E-state index contributed by atoms with van der Waals surface area (Å²) in [5.41, 5.74) is -1.05. The van der Waals surface area contributed by atoms with Crippen molar-refractivity contribution in [1.29, 1.82) is 0 Å². The monoisotopic (exact) mass is 914 g/mol. The zero-order chi connectivity index (χ0) is 48.3. The number of fused-ring (bicyclic) bond motifs is 2. The third-order valence-corrected chi connectivity index (χ3v) is 14.7. The van der Waals surface area contributed by atoms with E-state index in [9.17, 15) is 44.4 Å². The molecule has 3 heterocycles. The van der Waals surface area contributed by atoms with E-state index >= 15 is 0 Å². The normalized spacial score (nSPS) is 41.4. The molecule has 0 aromatic heterocycles. The molecule has 0 aromatic rings. The number of cyclic esters (lactones) is 1. The Morgan fingerprint density at radius 2 is 1.52 bits per heavy atom. The highest BCUT2D eigenvalue weighted by Gasteiger charge is 2.68. The van der Waals surface area contributed by atoms with Crippen LogP contribution < -0.4 is 0 Å². The minimum Gasteiger partial charge on any atom is -0.460 e. The van der Waals surface area contributed by atoms with Gasteiger partial charge in [-0.05, 0) is 107 Å². The highest BCUT2D eigenvalue weighted by Crippen LogP contribution is 2.44. The highest BCUT2D eigenvalue weighted by molar-refractivity contribution is 6.16. The Morgan fingerprint density at radius 3 is 2.18 bits per heavy atom. The summed E-state index contributed by atoms with van der Waals surface area (Å²) in [7, 11) is 4.50. The molecule has 366 valence electrons. The van der Waals surface area contributed by atoms with Crippen molar-refractivity contribution >= 4 is 29.2 Å². The topological polar surface area (TPSA) is 206 Å². The van der Waals surface area contributed by atoms with Gasteiger partial charge in [-0.3, -0.25) is 19.2 Å². The van der Waals surface area contributed by atoms with Gasteiger partial charge < -0.3 is 44.3 Å². The highest BCUT2D eigenvalue weighted by atomic mass is 16.5. The molecule has 2 bridgehead atoms. The number of piperidine rings is 1. The number of ketones is 3. The third kappa shape index (κ3) is 13.4. The number of Topliss-reactive ketones (excluding diaryl/α,β-unsaturated/α-hetero) is 3. The number of β-lactam (4-membered cyclic amide) rings is 1. The molecule has 1 aliphatic carbocycles. The number of aliphatic hydroxyl groups is 4. The van der Waals surface area contributed by atoms with Crippen LogP contribution >= 0.6 is 0 Å². The summed E-state index contributed by atoms with van der Waals surface area (Å²) in [4.78, 5) is 71.0. The van der Waals surface area contributed by atoms with Crippen LogP contribution in [0.4, 0.5) is 0 Å². The lowest BCUT2D eigenvalue weighted by atomic mass is 9.69. The summed E-state index contributed by atoms with van der Waals surface area (Å²) in [5.74, 6) is -4.88. The Bertz CT molecular complexity index is 1770. The fourth-order valence-electron chi connectivity index (χ4n) is 10.5. The molecule has 0 aromatic carbocycles. The molecular weight excluding hydrogens is 835 g/mol. The molecule has 2 saturated heterocycles. The maximum absolute atomic E-state index is 14.2. The van der Waals surface area contributed by atoms with Gasteiger partial charge in [0, 0.05) is 51.9 Å². The predicted molar refractivity (Wildman–Crippen MR) is 245 cm³/mol. The zero-order valence-corrected chi connectivity index (χ0v) is 40.5. The van der Waals surface area contributed by atoms with E-state index in [1.165, 1.54) is 12.0 Å². The van der Waals surface area contributed by atoms with Gasteiger partial charge in [-0.15, -0.1) is 0 Å². The Morgan fingerprint density at radius 1 is 0.815 bits per heavy atom. The number of carbonyl (C=O) groups excluding carboxylic acids is 5. The van der Waals surface area contributed by atoms with Gasteiger partial charge >= 0.3 is 5.97 Å². The first-order valence-corrected chi connectivity index (χ1v) is 23.9. The van der Waals surface area contributed by atoms with Crippen LogP contribution in [0.5, 0.6) is 0 Å². The molecule has 4 aliphatic rings. The van der Waals surface area contributed by atoms with Gasteiger partial charge in [0.15, 0.2) is 11.6 Å². The summed E-state index contributed by atoms with van der Waals surface area (Å²) in [6, 6.07) is -2.00. The molecular formula is C51H79NO13. The van der Waals surface area contributed by atoms with Gasteiger partial charge in [-0.25, -0.2) is 4.79 Å². The minimum atomic E-state index is -2.31. The molecule has 1 amide bonds. The average Bonchev–Trinajstić information content (AvgIpc) is 3.28. The smallest absolute Gasteiger partial charge is 0.329 e. The molecule has 4 N–H and O–H groups in total. The van der Waals surface area contributed by atoms with Crippen molar-refractivity contribution in [2.24, 2.45) is 35.5 Å². The first-order valence-electron chi connectivity index (χ1n) is 23.9. The molecule has 1 saturated carbocycles. The number of hydrogen-bond donors (Lipinski definition) is 4. The molecule has 14 nitrogen and oxygen atoms in total. The van der Waals surface area contributed by atoms with Crippen molar-refractivity contribution in [2.45, 2.75) is 186 Å². The van der Waals surface area contributed by atoms with E-state index in [0.29, 0.717) is 44.1 Å². The molecule has 65 heavy (non-hydrogen) atoms. The number of aliphatic hydroxyl groups excluding tert-OH is 3. The van der Waals surface area contributed by atoms with Crippen LogP contribution in [0.3, 0.4) is 0 Å². The van der Waals surface area contributed by atoms with E-state index < -0.39 is 89.7 Å². The minimum absolute atomic E-state index is 0.0188. The molecule has 3 fully saturated rings. The van der Waals surface area contributed by atoms with E-state index in [1.807, 2.05) is 51.2 Å². The fourth-order valence-corrected chi connectivity index (χ4v) is 10.5. The Kier molecular flexibility index (Phi) is 20.5. The maximum atomic E-state index is 14.2. The van der Waals surface area contributed by atoms with Crippen LogP contribution in [0.2, 0.25) is 0 Å². The SMILES string of the molecule is CO[C@H]1C[C@@H](O)CC[C@@H](C)C(=O)[C@]2(O)C(=O)N3[C@@H](CCC[C@@H]32)C(=O)O[C@H]([C@H](C)C[C@@H]2CC[C@@H](O)[C@H](OC)C2)CC(=O)[C@H](C)/C=C(\C)[C@@H](O)[C@@H](OC)C(=O)[C@H](C)C[C@H](C)/C=C/C=C/C=C/1C. The van der Waals surface area contributed by atoms with Gasteiger partial charge in [-0.2, -0.15) is 0 Å². The molecule has 3 aliphatic heterocycles. The molecule has 4 rings (SSSR count). The second-order valence-corrected chi connectivity index (χ2v) is 19.8. The first kappa shape index (κ1) is 54.2. The van der Waals surface area contributed by atoms with E-state index in [-0.39, 0.29) is 67.5 Å². The van der Waals surface area contributed by atoms with Crippen LogP contribution in [-0.2, 0) is 42.9 Å². The average molecular weight is 914 g/mol. The number of allylic oxidation sites excluding steroid dienone is 6. The quantitative estimate of drug-likeness (QED) is 0.112. The number of rotatable bonds is 6. The van der Waals surface area contributed by atoms with Gasteiger partial charge in [0.25, 0.3) is 5.91 Å². The van der Waals surface area contributed by atoms with Crippen molar-refractivity contribution in [3.05, 3.63) is 47.6 Å². The second-order valence-electron chi connectivity index (χ2n) is 19.8. The van der Waals surface area contributed by atoms with Crippen LogP contribution in [0.1, 0.15) is 126 Å². The van der Waals surface area contributed by atoms with Crippen molar-refractivity contribution in [3.63, 3.8) is 0 Å². The summed E-state index contributed by atoms with van der Waals surface area (Å²) < 4.78 is 23.0. The number of nitrogens with zero attached hydrogens (tertiary/aromatic N) is 1. The van der Waals surface area contributed by atoms with Gasteiger partial charge in [0.05, 0.1) is 30.5 Å². The first-order chi connectivity index (χ1) is 30.7.